The van der Waals surface area contributed by atoms with Gasteiger partial charge in [-0.2, -0.15) is 0 Å². The van der Waals surface area contributed by atoms with Crippen LogP contribution >= 0.6 is 0 Å². The van der Waals surface area contributed by atoms with Crippen LogP contribution in [0.4, 0.5) is 0 Å². The Kier molecular flexibility index (Phi) is 13.5. The van der Waals surface area contributed by atoms with Crippen LogP contribution in [0.3, 0.4) is 0 Å². The quantitative estimate of drug-likeness (QED) is 0.195. The first-order valence-electron chi connectivity index (χ1n) is 10.4. The molecule has 0 aromatic carbocycles. The van der Waals surface area contributed by atoms with Crippen LogP contribution in [0.5, 0.6) is 0 Å². The molecule has 0 heterocycles. The van der Waals surface area contributed by atoms with Crippen LogP contribution in [0.1, 0.15) is 73.6 Å². The van der Waals surface area contributed by atoms with Crippen molar-refractivity contribution in [1.29, 1.82) is 0 Å². The molecule has 28 heavy (non-hydrogen) atoms. The molecular weight excluding hydrogens is 342 g/mol. The summed E-state index contributed by atoms with van der Waals surface area (Å²) in [6.07, 6.45) is 14.8. The van der Waals surface area contributed by atoms with Crippen LogP contribution in [-0.2, 0) is 4.79 Å². The van der Waals surface area contributed by atoms with Gasteiger partial charge in [-0.3, -0.25) is 4.79 Å². The summed E-state index contributed by atoms with van der Waals surface area (Å²) in [6.45, 7) is 20.8. The lowest BCUT2D eigenvalue weighted by molar-refractivity contribution is -0.128. The van der Waals surface area contributed by atoms with E-state index in [2.05, 4.69) is 64.0 Å². The van der Waals surface area contributed by atoms with E-state index in [1.807, 2.05) is 26.8 Å². The zero-order valence-corrected chi connectivity index (χ0v) is 18.9. The highest BCUT2D eigenvalue weighted by Gasteiger charge is 2.18. The summed E-state index contributed by atoms with van der Waals surface area (Å²) < 4.78 is 0. The third-order valence-corrected chi connectivity index (χ3v) is 4.65. The zero-order valence-electron chi connectivity index (χ0n) is 18.9. The molecule has 0 aromatic rings. The number of unbranched alkanes of at least 4 members (excludes halogenated alkanes) is 1. The lowest BCUT2D eigenvalue weighted by Crippen LogP contribution is -2.31. The lowest BCUT2D eigenvalue weighted by Gasteiger charge is -2.24. The van der Waals surface area contributed by atoms with Crippen molar-refractivity contribution in [2.45, 2.75) is 73.6 Å². The third kappa shape index (κ3) is 9.06. The molecular formula is C26H39NO. The Morgan fingerprint density at radius 1 is 1.11 bits per heavy atom. The number of amides is 1. The van der Waals surface area contributed by atoms with Crippen LogP contribution in [0.25, 0.3) is 0 Å². The summed E-state index contributed by atoms with van der Waals surface area (Å²) in [5.74, 6) is 0.0377. The first-order chi connectivity index (χ1) is 13.4. The molecule has 1 amide bonds. The molecule has 0 N–H and O–H groups in total. The lowest BCUT2D eigenvalue weighted by atomic mass is 10.1. The molecule has 0 unspecified atom stereocenters. The summed E-state index contributed by atoms with van der Waals surface area (Å²) in [4.78, 5) is 14.8. The van der Waals surface area contributed by atoms with Crippen molar-refractivity contribution in [3.05, 3.63) is 77.3 Å². The Balaban J connectivity index is 5.76. The average molecular weight is 382 g/mol. The summed E-state index contributed by atoms with van der Waals surface area (Å²) >= 11 is 0. The molecule has 2 heteroatoms. The maximum Gasteiger partial charge on any atom is 0.231 e. The van der Waals surface area contributed by atoms with Gasteiger partial charge in [0.1, 0.15) is 0 Å². The van der Waals surface area contributed by atoms with Gasteiger partial charge < -0.3 is 4.90 Å². The molecule has 0 fully saturated rings. The van der Waals surface area contributed by atoms with Gasteiger partial charge in [0, 0.05) is 13.0 Å². The molecule has 0 atom stereocenters. The van der Waals surface area contributed by atoms with Gasteiger partial charge in [0.25, 0.3) is 0 Å². The van der Waals surface area contributed by atoms with E-state index in [-0.39, 0.29) is 5.91 Å². The normalized spacial score (nSPS) is 12.9. The van der Waals surface area contributed by atoms with E-state index in [1.165, 1.54) is 11.1 Å². The second-order valence-electron chi connectivity index (χ2n) is 6.93. The first-order valence-corrected chi connectivity index (χ1v) is 10.4. The van der Waals surface area contributed by atoms with Gasteiger partial charge in [0.05, 0.1) is 5.70 Å². The predicted molar refractivity (Wildman–Crippen MR) is 124 cm³/mol. The van der Waals surface area contributed by atoms with Crippen molar-refractivity contribution in [1.82, 2.24) is 4.90 Å². The molecule has 0 aliphatic heterocycles. The van der Waals surface area contributed by atoms with Crippen LogP contribution in [0.2, 0.25) is 0 Å². The summed E-state index contributed by atoms with van der Waals surface area (Å²) in [5.41, 5.74) is 8.15. The van der Waals surface area contributed by atoms with Gasteiger partial charge in [-0.15, -0.1) is 5.73 Å². The zero-order chi connectivity index (χ0) is 21.5. The highest BCUT2D eigenvalue weighted by Crippen LogP contribution is 2.19. The van der Waals surface area contributed by atoms with Crippen molar-refractivity contribution in [2.24, 2.45) is 0 Å². The van der Waals surface area contributed by atoms with Crippen molar-refractivity contribution in [3.63, 3.8) is 0 Å². The smallest absolute Gasteiger partial charge is 0.231 e. The minimum atomic E-state index is 0.0377. The molecule has 0 aliphatic carbocycles. The van der Waals surface area contributed by atoms with E-state index in [1.54, 1.807) is 4.90 Å². The van der Waals surface area contributed by atoms with E-state index in [0.29, 0.717) is 13.0 Å². The van der Waals surface area contributed by atoms with Gasteiger partial charge in [0.15, 0.2) is 0 Å². The minimum Gasteiger partial charge on any atom is -0.301 e. The maximum absolute atomic E-state index is 13.0. The predicted octanol–water partition coefficient (Wildman–Crippen LogP) is 7.45. The van der Waals surface area contributed by atoms with Gasteiger partial charge in [-0.05, 0) is 56.8 Å². The molecule has 0 aliphatic rings. The largest absolute Gasteiger partial charge is 0.301 e. The van der Waals surface area contributed by atoms with Gasteiger partial charge in [-0.1, -0.05) is 76.3 Å². The fourth-order valence-corrected chi connectivity index (χ4v) is 2.69. The summed E-state index contributed by atoms with van der Waals surface area (Å²) in [7, 11) is 0. The minimum absolute atomic E-state index is 0.0377. The molecule has 0 bridgehead atoms. The number of hydrogen-bond acceptors (Lipinski definition) is 1. The van der Waals surface area contributed by atoms with E-state index >= 15 is 0 Å². The van der Waals surface area contributed by atoms with Crippen LogP contribution in [0.15, 0.2) is 77.3 Å². The van der Waals surface area contributed by atoms with Crippen molar-refractivity contribution in [3.8, 4) is 0 Å². The van der Waals surface area contributed by atoms with Gasteiger partial charge in [0.2, 0.25) is 5.91 Å². The number of hydrogen-bond donors (Lipinski definition) is 0. The number of rotatable bonds is 12. The molecule has 0 saturated carbocycles. The average Bonchev–Trinajstić information content (AvgIpc) is 2.69. The third-order valence-electron chi connectivity index (χ3n) is 4.65. The fourth-order valence-electron chi connectivity index (χ4n) is 2.69. The van der Waals surface area contributed by atoms with E-state index < -0.39 is 0 Å². The number of carbonyl (C=O) groups excluding carboxylic acids is 1. The van der Waals surface area contributed by atoms with Gasteiger partial charge >= 0.3 is 0 Å². The van der Waals surface area contributed by atoms with Gasteiger partial charge in [-0.25, -0.2) is 0 Å². The molecule has 0 radical (unpaired) electrons. The van der Waals surface area contributed by atoms with E-state index in [4.69, 9.17) is 0 Å². The van der Waals surface area contributed by atoms with Crippen molar-refractivity contribution < 1.29 is 4.79 Å². The summed E-state index contributed by atoms with van der Waals surface area (Å²) in [5, 5.41) is 0. The molecule has 0 saturated heterocycles. The number of nitrogens with zero attached hydrogens (tertiary/aromatic N) is 1. The second-order valence-corrected chi connectivity index (χ2v) is 6.93. The fraction of sp³-hybridized carbons (Fsp3) is 0.462. The van der Waals surface area contributed by atoms with Crippen LogP contribution in [0, 0.1) is 0 Å². The van der Waals surface area contributed by atoms with Crippen LogP contribution < -0.4 is 0 Å². The molecule has 0 aromatic heterocycles. The van der Waals surface area contributed by atoms with E-state index in [0.717, 1.165) is 42.5 Å². The molecule has 0 rings (SSSR count). The summed E-state index contributed by atoms with van der Waals surface area (Å²) in [6, 6.07) is 0. The topological polar surface area (TPSA) is 20.3 Å². The standard InChI is InChI=1S/C26H39NO/c1-9-14-17-23(8)25(13-5)27(26(28)20-21(6)11-3)19-15-18-24(16-10-2)22(7)12-4/h12,15-18H,5-6,9-11,14,19-20H2,1-4,7-8H3. The van der Waals surface area contributed by atoms with Crippen LogP contribution in [-0.4, -0.2) is 17.4 Å². The Labute approximate surface area is 173 Å². The SMILES string of the molecule is C=C=C(C(C)=CCCC)N(CC=CC(=CCC)C(C)=CC)C(=O)CC(=C)CC. The Hall–Kier alpha value is -2.31. The molecule has 154 valence electrons. The number of carbonyl (C=O) groups is 1. The Morgan fingerprint density at radius 3 is 2.29 bits per heavy atom. The van der Waals surface area contributed by atoms with Crippen molar-refractivity contribution >= 4 is 5.91 Å². The first kappa shape index (κ1) is 25.7. The Morgan fingerprint density at radius 2 is 1.79 bits per heavy atom. The van der Waals surface area contributed by atoms with E-state index in [9.17, 15) is 4.79 Å². The molecule has 2 nitrogen and oxygen atoms in total. The molecule has 0 spiro atoms. The highest BCUT2D eigenvalue weighted by molar-refractivity contribution is 5.81. The highest BCUT2D eigenvalue weighted by atomic mass is 16.2. The Bertz CT molecular complexity index is 694. The maximum atomic E-state index is 13.0. The monoisotopic (exact) mass is 381 g/mol. The van der Waals surface area contributed by atoms with Crippen molar-refractivity contribution in [2.75, 3.05) is 6.54 Å². The second kappa shape index (κ2) is 14.7. The number of allylic oxidation sites excluding steroid dienone is 7.